The number of aliphatic hydroxyl groups is 3. The van der Waals surface area contributed by atoms with E-state index in [1.54, 1.807) is 30.5 Å². The lowest BCUT2D eigenvalue weighted by atomic mass is 10.0. The first-order valence-corrected chi connectivity index (χ1v) is 7.77. The minimum atomic E-state index is -0.711. The van der Waals surface area contributed by atoms with Gasteiger partial charge in [0, 0.05) is 18.4 Å². The van der Waals surface area contributed by atoms with Crippen LogP contribution in [0, 0.1) is 0 Å². The number of benzene rings is 1. The normalized spacial score (nSPS) is 13.9. The van der Waals surface area contributed by atoms with Gasteiger partial charge in [0.2, 0.25) is 0 Å². The molecule has 4 nitrogen and oxygen atoms in total. The van der Waals surface area contributed by atoms with Crippen molar-refractivity contribution < 1.29 is 15.3 Å². The summed E-state index contributed by atoms with van der Waals surface area (Å²) in [6.07, 6.45) is 0.673. The van der Waals surface area contributed by atoms with Gasteiger partial charge in [0.15, 0.2) is 0 Å². The first kappa shape index (κ1) is 16.0. The molecule has 0 unspecified atom stereocenters. The number of thioether (sulfide) groups is 1. The number of hydrogen-bond acceptors (Lipinski definition) is 5. The average Bonchev–Trinajstić information content (AvgIpc) is 2.54. The van der Waals surface area contributed by atoms with Gasteiger partial charge in [0.25, 0.3) is 0 Å². The molecule has 1 heterocycles. The highest BCUT2D eigenvalue weighted by molar-refractivity contribution is 7.99. The van der Waals surface area contributed by atoms with E-state index in [0.717, 1.165) is 16.2 Å². The summed E-state index contributed by atoms with van der Waals surface area (Å²) in [6.45, 7) is -0.0142. The van der Waals surface area contributed by atoms with E-state index in [0.29, 0.717) is 5.75 Å². The fraction of sp³-hybridized carbons (Fsp3) is 0.312. The van der Waals surface area contributed by atoms with Gasteiger partial charge in [-0.3, -0.25) is 0 Å². The fourth-order valence-corrected chi connectivity index (χ4v) is 2.73. The van der Waals surface area contributed by atoms with Crippen LogP contribution in [-0.4, -0.2) is 32.2 Å². The van der Waals surface area contributed by atoms with Crippen LogP contribution < -0.4 is 0 Å². The fourth-order valence-electron chi connectivity index (χ4n) is 1.92. The number of rotatable bonds is 7. The average molecular weight is 305 g/mol. The Labute approximate surface area is 128 Å². The topological polar surface area (TPSA) is 73.6 Å². The van der Waals surface area contributed by atoms with E-state index in [-0.39, 0.29) is 13.0 Å². The summed E-state index contributed by atoms with van der Waals surface area (Å²) in [5.74, 6) is 0.489. The van der Waals surface area contributed by atoms with Crippen molar-refractivity contribution in [2.24, 2.45) is 0 Å². The lowest BCUT2D eigenvalue weighted by molar-refractivity contribution is 0.0930. The van der Waals surface area contributed by atoms with Crippen LogP contribution in [0.3, 0.4) is 0 Å². The Morgan fingerprint density at radius 2 is 1.81 bits per heavy atom. The SMILES string of the molecule is OCc1ccc([C@H](O)C[C@H](O)CSc2ccccn2)cc1. The van der Waals surface area contributed by atoms with Crippen molar-refractivity contribution in [3.05, 3.63) is 59.8 Å². The molecule has 2 aromatic rings. The molecule has 3 N–H and O–H groups in total. The van der Waals surface area contributed by atoms with Crippen molar-refractivity contribution in [3.8, 4) is 0 Å². The number of pyridine rings is 1. The third-order valence-corrected chi connectivity index (χ3v) is 4.19. The Balaban J connectivity index is 1.82. The Morgan fingerprint density at radius 1 is 1.05 bits per heavy atom. The van der Waals surface area contributed by atoms with Crippen LogP contribution in [0.15, 0.2) is 53.7 Å². The zero-order chi connectivity index (χ0) is 15.1. The van der Waals surface area contributed by atoms with Crippen molar-refractivity contribution in [3.63, 3.8) is 0 Å². The number of aromatic nitrogens is 1. The largest absolute Gasteiger partial charge is 0.392 e. The van der Waals surface area contributed by atoms with Crippen molar-refractivity contribution in [1.29, 1.82) is 0 Å². The van der Waals surface area contributed by atoms with Gasteiger partial charge in [-0.2, -0.15) is 0 Å². The summed E-state index contributed by atoms with van der Waals surface area (Å²) in [7, 11) is 0. The van der Waals surface area contributed by atoms with Crippen LogP contribution in [0.5, 0.6) is 0 Å². The highest BCUT2D eigenvalue weighted by atomic mass is 32.2. The molecule has 0 amide bonds. The maximum atomic E-state index is 10.1. The molecule has 0 spiro atoms. The maximum Gasteiger partial charge on any atom is 0.0960 e. The van der Waals surface area contributed by atoms with Crippen LogP contribution in [-0.2, 0) is 6.61 Å². The summed E-state index contributed by atoms with van der Waals surface area (Å²) in [5, 5.41) is 29.9. The quantitative estimate of drug-likeness (QED) is 0.684. The summed E-state index contributed by atoms with van der Waals surface area (Å²) >= 11 is 1.47. The van der Waals surface area contributed by atoms with Gasteiger partial charge in [-0.1, -0.05) is 30.3 Å². The van der Waals surface area contributed by atoms with Crippen molar-refractivity contribution in [1.82, 2.24) is 4.98 Å². The third kappa shape index (κ3) is 5.13. The first-order chi connectivity index (χ1) is 10.2. The van der Waals surface area contributed by atoms with Crippen LogP contribution in [0.25, 0.3) is 0 Å². The summed E-state index contributed by atoms with van der Waals surface area (Å²) < 4.78 is 0. The van der Waals surface area contributed by atoms with Crippen LogP contribution in [0.1, 0.15) is 23.7 Å². The zero-order valence-corrected chi connectivity index (χ0v) is 12.4. The molecular formula is C16H19NO3S. The molecule has 0 saturated heterocycles. The van der Waals surface area contributed by atoms with Crippen LogP contribution in [0.4, 0.5) is 0 Å². The zero-order valence-electron chi connectivity index (χ0n) is 11.6. The smallest absolute Gasteiger partial charge is 0.0960 e. The second kappa shape index (κ2) is 8.14. The van der Waals surface area contributed by atoms with E-state index in [1.807, 2.05) is 18.2 Å². The molecule has 0 bridgehead atoms. The van der Waals surface area contributed by atoms with Gasteiger partial charge in [-0.15, -0.1) is 11.8 Å². The van der Waals surface area contributed by atoms with E-state index in [4.69, 9.17) is 5.11 Å². The summed E-state index contributed by atoms with van der Waals surface area (Å²) in [6, 6.07) is 12.7. The van der Waals surface area contributed by atoms with Crippen molar-refractivity contribution >= 4 is 11.8 Å². The van der Waals surface area contributed by atoms with Crippen molar-refractivity contribution in [2.45, 2.75) is 30.3 Å². The number of aliphatic hydroxyl groups excluding tert-OH is 3. The van der Waals surface area contributed by atoms with Gasteiger partial charge in [-0.05, 0) is 23.3 Å². The molecule has 0 aliphatic carbocycles. The Hall–Kier alpha value is -1.40. The molecule has 0 aliphatic rings. The van der Waals surface area contributed by atoms with Crippen molar-refractivity contribution in [2.75, 3.05) is 5.75 Å². The number of nitrogens with zero attached hydrogens (tertiary/aromatic N) is 1. The Bertz CT molecular complexity index is 533. The lowest BCUT2D eigenvalue weighted by Crippen LogP contribution is -2.15. The molecule has 21 heavy (non-hydrogen) atoms. The second-order valence-electron chi connectivity index (χ2n) is 4.78. The molecule has 2 rings (SSSR count). The molecule has 5 heteroatoms. The molecular weight excluding hydrogens is 286 g/mol. The van der Waals surface area contributed by atoms with E-state index >= 15 is 0 Å². The standard InChI is InChI=1S/C16H19NO3S/c18-10-12-4-6-13(7-5-12)15(20)9-14(19)11-21-16-3-1-2-8-17-16/h1-8,14-15,18-20H,9-11H2/t14-,15+/m0/s1. The Kier molecular flexibility index (Phi) is 6.20. The van der Waals surface area contributed by atoms with Gasteiger partial charge < -0.3 is 15.3 Å². The van der Waals surface area contributed by atoms with Gasteiger partial charge >= 0.3 is 0 Å². The van der Waals surface area contributed by atoms with Gasteiger partial charge in [-0.25, -0.2) is 4.98 Å². The second-order valence-corrected chi connectivity index (χ2v) is 5.82. The van der Waals surface area contributed by atoms with Crippen LogP contribution in [0.2, 0.25) is 0 Å². The van der Waals surface area contributed by atoms with E-state index in [2.05, 4.69) is 4.98 Å². The molecule has 1 aromatic carbocycles. The Morgan fingerprint density at radius 3 is 2.43 bits per heavy atom. The lowest BCUT2D eigenvalue weighted by Gasteiger charge is -2.16. The van der Waals surface area contributed by atoms with E-state index < -0.39 is 12.2 Å². The predicted molar refractivity (Wildman–Crippen MR) is 82.9 cm³/mol. The van der Waals surface area contributed by atoms with Crippen LogP contribution >= 0.6 is 11.8 Å². The monoisotopic (exact) mass is 305 g/mol. The molecule has 112 valence electrons. The predicted octanol–water partition coefficient (Wildman–Crippen LogP) is 2.15. The van der Waals surface area contributed by atoms with Gasteiger partial charge in [0.1, 0.15) is 0 Å². The molecule has 2 atom stereocenters. The van der Waals surface area contributed by atoms with Gasteiger partial charge in [0.05, 0.1) is 23.8 Å². The maximum absolute atomic E-state index is 10.1. The molecule has 1 aromatic heterocycles. The molecule has 0 radical (unpaired) electrons. The molecule has 0 aliphatic heterocycles. The first-order valence-electron chi connectivity index (χ1n) is 6.78. The van der Waals surface area contributed by atoms with E-state index in [9.17, 15) is 10.2 Å². The highest BCUT2D eigenvalue weighted by Crippen LogP contribution is 2.22. The minimum absolute atomic E-state index is 0.0142. The van der Waals surface area contributed by atoms with E-state index in [1.165, 1.54) is 11.8 Å². The summed E-state index contributed by atoms with van der Waals surface area (Å²) in [4.78, 5) is 4.17. The number of hydrogen-bond donors (Lipinski definition) is 3. The molecule has 0 fully saturated rings. The summed E-state index contributed by atoms with van der Waals surface area (Å²) in [5.41, 5.74) is 1.55. The minimum Gasteiger partial charge on any atom is -0.392 e. The molecule has 0 saturated carbocycles. The highest BCUT2D eigenvalue weighted by Gasteiger charge is 2.14. The third-order valence-electron chi connectivity index (χ3n) is 3.10.